The molecule has 0 aliphatic carbocycles. The fraction of sp³-hybridized carbons (Fsp3) is 0.0714. The van der Waals surface area contributed by atoms with Gasteiger partial charge in [-0.1, -0.05) is 11.3 Å². The highest BCUT2D eigenvalue weighted by atomic mass is 16.5. The number of nitrogens with zero attached hydrogens (tertiary/aromatic N) is 2. The van der Waals surface area contributed by atoms with E-state index in [1.807, 2.05) is 0 Å². The molecule has 0 radical (unpaired) electrons. The summed E-state index contributed by atoms with van der Waals surface area (Å²) in [5.74, 6) is -0.500. The Morgan fingerprint density at radius 1 is 1.32 bits per heavy atom. The lowest BCUT2D eigenvalue weighted by molar-refractivity contribution is -0.134. The second-order valence-electron chi connectivity index (χ2n) is 4.48. The second-order valence-corrected chi connectivity index (χ2v) is 4.48. The molecular weight excluding hydrogens is 288 g/mol. The monoisotopic (exact) mass is 298 g/mol. The van der Waals surface area contributed by atoms with E-state index in [9.17, 15) is 14.4 Å². The van der Waals surface area contributed by atoms with Gasteiger partial charge in [0.2, 0.25) is 5.43 Å². The largest absolute Gasteiger partial charge is 0.466 e. The van der Waals surface area contributed by atoms with E-state index < -0.39 is 11.5 Å². The smallest absolute Gasteiger partial charge is 0.330 e. The molecule has 0 atom stereocenters. The topological polar surface area (TPSA) is 118 Å². The Kier molecular flexibility index (Phi) is 3.26. The first-order valence-corrected chi connectivity index (χ1v) is 6.27. The number of hydrogen-bond donors (Lipinski definition) is 2. The molecule has 0 saturated heterocycles. The first-order valence-electron chi connectivity index (χ1n) is 6.27. The Morgan fingerprint density at radius 2 is 2.14 bits per heavy atom. The van der Waals surface area contributed by atoms with Crippen LogP contribution in [0.5, 0.6) is 0 Å². The molecule has 0 saturated carbocycles. The molecule has 110 valence electrons. The maximum Gasteiger partial charge on any atom is 0.330 e. The van der Waals surface area contributed by atoms with Gasteiger partial charge in [0.15, 0.2) is 5.52 Å². The number of ether oxygens (including phenoxy) is 1. The zero-order chi connectivity index (χ0) is 15.7. The molecule has 8 heteroatoms. The van der Waals surface area contributed by atoms with Crippen LogP contribution in [0.1, 0.15) is 5.56 Å². The maximum atomic E-state index is 12.4. The molecule has 1 aromatic carbocycles. The number of esters is 1. The summed E-state index contributed by atoms with van der Waals surface area (Å²) in [6, 6.07) is 4.80. The van der Waals surface area contributed by atoms with Gasteiger partial charge in [-0.3, -0.25) is 14.7 Å². The lowest BCUT2D eigenvalue weighted by Gasteiger charge is -1.96. The average Bonchev–Trinajstić information content (AvgIpc) is 2.98. The van der Waals surface area contributed by atoms with Crippen molar-refractivity contribution in [2.45, 2.75) is 0 Å². The highest BCUT2D eigenvalue weighted by Crippen LogP contribution is 2.12. The number of H-pyrrole nitrogens is 2. The van der Waals surface area contributed by atoms with Crippen molar-refractivity contribution in [2.24, 2.45) is 0 Å². The highest BCUT2D eigenvalue weighted by molar-refractivity contribution is 5.90. The molecule has 2 N–H and O–H groups in total. The second kappa shape index (κ2) is 5.24. The standard InChI is InChI=1S/C14H10N4O4/c1-22-10(19)5-3-7-2-4-8-9(6-7)15-14(21)12-11(13(8)20)16-18-17-12/h2-6H,1H3,(H,15,21)(H,16,17,18). The van der Waals surface area contributed by atoms with Crippen LogP contribution in [0.25, 0.3) is 28.0 Å². The van der Waals surface area contributed by atoms with E-state index in [4.69, 9.17) is 0 Å². The first kappa shape index (κ1) is 13.7. The van der Waals surface area contributed by atoms with Gasteiger partial charge < -0.3 is 9.72 Å². The van der Waals surface area contributed by atoms with Crippen LogP contribution in [0.15, 0.2) is 33.9 Å². The lowest BCUT2D eigenvalue weighted by Crippen LogP contribution is -2.02. The predicted molar refractivity (Wildman–Crippen MR) is 79.3 cm³/mol. The van der Waals surface area contributed by atoms with Crippen molar-refractivity contribution in [3.63, 3.8) is 0 Å². The van der Waals surface area contributed by atoms with Crippen LogP contribution in [0.3, 0.4) is 0 Å². The van der Waals surface area contributed by atoms with Gasteiger partial charge in [0, 0.05) is 11.5 Å². The van der Waals surface area contributed by atoms with E-state index in [1.54, 1.807) is 18.2 Å². The van der Waals surface area contributed by atoms with E-state index in [-0.39, 0.29) is 16.5 Å². The van der Waals surface area contributed by atoms with Gasteiger partial charge in [-0.15, -0.1) is 5.10 Å². The zero-order valence-electron chi connectivity index (χ0n) is 11.4. The molecule has 3 rings (SSSR count). The molecule has 0 spiro atoms. The quantitative estimate of drug-likeness (QED) is 0.520. The summed E-state index contributed by atoms with van der Waals surface area (Å²) in [4.78, 5) is 38.1. The van der Waals surface area contributed by atoms with Gasteiger partial charge in [0.05, 0.1) is 12.6 Å². The van der Waals surface area contributed by atoms with Crippen LogP contribution in [0.2, 0.25) is 0 Å². The Labute approximate surface area is 122 Å². The average molecular weight is 298 g/mol. The van der Waals surface area contributed by atoms with Crippen LogP contribution >= 0.6 is 0 Å². The summed E-state index contributed by atoms with van der Waals surface area (Å²) in [6.07, 6.45) is 2.77. The summed E-state index contributed by atoms with van der Waals surface area (Å²) in [5, 5.41) is 9.83. The summed E-state index contributed by atoms with van der Waals surface area (Å²) in [5.41, 5.74) is 0.0751. The Morgan fingerprint density at radius 3 is 2.91 bits per heavy atom. The molecule has 0 amide bonds. The maximum absolute atomic E-state index is 12.4. The van der Waals surface area contributed by atoms with Crippen molar-refractivity contribution in [3.05, 3.63) is 50.4 Å². The summed E-state index contributed by atoms with van der Waals surface area (Å²) < 4.78 is 4.50. The third kappa shape index (κ3) is 2.26. The van der Waals surface area contributed by atoms with Crippen molar-refractivity contribution >= 4 is 34.0 Å². The van der Waals surface area contributed by atoms with E-state index in [1.165, 1.54) is 19.3 Å². The Bertz CT molecular complexity index is 1030. The van der Waals surface area contributed by atoms with E-state index in [0.717, 1.165) is 0 Å². The molecule has 8 nitrogen and oxygen atoms in total. The Hall–Kier alpha value is -3.29. The van der Waals surface area contributed by atoms with Gasteiger partial charge in [0.1, 0.15) is 5.52 Å². The minimum Gasteiger partial charge on any atom is -0.466 e. The number of aromatic nitrogens is 4. The van der Waals surface area contributed by atoms with Crippen molar-refractivity contribution in [1.29, 1.82) is 0 Å². The number of methoxy groups -OCH3 is 1. The Balaban J connectivity index is 2.28. The van der Waals surface area contributed by atoms with Gasteiger partial charge in [-0.25, -0.2) is 4.79 Å². The van der Waals surface area contributed by atoms with E-state index >= 15 is 0 Å². The molecule has 2 heterocycles. The number of fused-ring (bicyclic) bond motifs is 2. The van der Waals surface area contributed by atoms with Crippen LogP contribution in [0, 0.1) is 0 Å². The molecule has 0 aliphatic rings. The van der Waals surface area contributed by atoms with Gasteiger partial charge in [-0.2, -0.15) is 0 Å². The number of nitrogens with one attached hydrogen (secondary N) is 2. The van der Waals surface area contributed by atoms with Crippen molar-refractivity contribution in [1.82, 2.24) is 20.4 Å². The van der Waals surface area contributed by atoms with Crippen LogP contribution in [-0.4, -0.2) is 33.5 Å². The van der Waals surface area contributed by atoms with E-state index in [0.29, 0.717) is 16.5 Å². The first-order chi connectivity index (χ1) is 10.6. The van der Waals surface area contributed by atoms with Gasteiger partial charge >= 0.3 is 5.97 Å². The predicted octanol–water partition coefficient (Wildman–Crippen LogP) is 0.346. The molecular formula is C14H10N4O4. The number of hydrogen-bond acceptors (Lipinski definition) is 6. The molecule has 0 unspecified atom stereocenters. The van der Waals surface area contributed by atoms with Gasteiger partial charge in [-0.05, 0) is 23.8 Å². The number of aromatic amines is 2. The minimum atomic E-state index is -0.523. The van der Waals surface area contributed by atoms with Crippen LogP contribution in [0.4, 0.5) is 0 Å². The highest BCUT2D eigenvalue weighted by Gasteiger charge is 2.09. The summed E-state index contributed by atoms with van der Waals surface area (Å²) >= 11 is 0. The minimum absolute atomic E-state index is 0.0483. The van der Waals surface area contributed by atoms with E-state index in [2.05, 4.69) is 25.1 Å². The normalized spacial score (nSPS) is 11.3. The number of carbonyl (C=O) groups excluding carboxylic acids is 1. The molecule has 22 heavy (non-hydrogen) atoms. The van der Waals surface area contributed by atoms with Gasteiger partial charge in [0.25, 0.3) is 5.56 Å². The third-order valence-electron chi connectivity index (χ3n) is 3.14. The molecule has 2 aromatic heterocycles. The molecule has 0 fully saturated rings. The number of rotatable bonds is 2. The lowest BCUT2D eigenvalue weighted by atomic mass is 10.1. The van der Waals surface area contributed by atoms with Crippen LogP contribution in [-0.2, 0) is 9.53 Å². The fourth-order valence-electron chi connectivity index (χ4n) is 2.06. The number of benzene rings is 1. The molecule has 3 aromatic rings. The zero-order valence-corrected chi connectivity index (χ0v) is 11.4. The summed E-state index contributed by atoms with van der Waals surface area (Å²) in [6.45, 7) is 0. The summed E-state index contributed by atoms with van der Waals surface area (Å²) in [7, 11) is 1.28. The van der Waals surface area contributed by atoms with Crippen molar-refractivity contribution in [2.75, 3.05) is 7.11 Å². The SMILES string of the molecule is COC(=O)C=Cc1ccc2c(=O)c3[nH]nnc3c(=O)[nH]c2c1. The third-order valence-corrected chi connectivity index (χ3v) is 3.14. The molecule has 0 bridgehead atoms. The van der Waals surface area contributed by atoms with Crippen molar-refractivity contribution in [3.8, 4) is 0 Å². The fourth-order valence-corrected chi connectivity index (χ4v) is 2.06. The molecule has 0 aliphatic heterocycles. The van der Waals surface area contributed by atoms with Crippen LogP contribution < -0.4 is 11.0 Å². The van der Waals surface area contributed by atoms with Crippen molar-refractivity contribution < 1.29 is 9.53 Å². The number of carbonyl (C=O) groups is 1.